The van der Waals surface area contributed by atoms with Gasteiger partial charge in [0.1, 0.15) is 10.8 Å². The molecule has 2 aliphatic heterocycles. The average Bonchev–Trinajstić information content (AvgIpc) is 3.43. The van der Waals surface area contributed by atoms with Crippen LogP contribution in [-0.2, 0) is 20.8 Å². The summed E-state index contributed by atoms with van der Waals surface area (Å²) in [7, 11) is 0. The highest BCUT2D eigenvalue weighted by Gasteiger charge is 2.42. The normalized spacial score (nSPS) is 15.8. The first-order valence-electron chi connectivity index (χ1n) is 13.4. The number of likely N-dealkylation sites (tertiary alicyclic amines) is 1. The van der Waals surface area contributed by atoms with E-state index in [0.29, 0.717) is 49.5 Å². The van der Waals surface area contributed by atoms with Crippen LogP contribution in [0.15, 0.2) is 66.7 Å². The highest BCUT2D eigenvalue weighted by Crippen LogP contribution is 2.40. The number of fused-ring (bicyclic) bond motifs is 2. The fourth-order valence-corrected chi connectivity index (χ4v) is 6.33. The number of ether oxygens (including phenoxy) is 1. The van der Waals surface area contributed by atoms with Crippen molar-refractivity contribution in [2.24, 2.45) is 0 Å². The van der Waals surface area contributed by atoms with E-state index in [1.165, 1.54) is 16.9 Å². The third-order valence-electron chi connectivity index (χ3n) is 7.29. The first-order chi connectivity index (χ1) is 19.4. The molecule has 3 aromatic carbocycles. The molecule has 2 amide bonds. The molecular formula is C31H30ClN3O4S. The van der Waals surface area contributed by atoms with Crippen molar-refractivity contribution in [3.8, 4) is 16.3 Å². The van der Waals surface area contributed by atoms with Crippen LogP contribution < -0.4 is 10.1 Å². The molecular weight excluding hydrogens is 546 g/mol. The quantitative estimate of drug-likeness (QED) is 0.264. The lowest BCUT2D eigenvalue weighted by Gasteiger charge is -2.39. The summed E-state index contributed by atoms with van der Waals surface area (Å²) in [6, 6.07) is 21.2. The number of carbonyl (C=O) groups is 3. The Morgan fingerprint density at radius 1 is 1.07 bits per heavy atom. The molecule has 1 fully saturated rings. The van der Waals surface area contributed by atoms with Crippen molar-refractivity contribution in [1.82, 2.24) is 9.88 Å². The number of para-hydroxylation sites is 2. The Hall–Kier alpha value is -3.75. The molecule has 0 bridgehead atoms. The molecule has 0 radical (unpaired) electrons. The topological polar surface area (TPSA) is 88.6 Å². The van der Waals surface area contributed by atoms with E-state index in [4.69, 9.17) is 21.3 Å². The summed E-state index contributed by atoms with van der Waals surface area (Å²) in [4.78, 5) is 41.3. The first-order valence-corrected chi connectivity index (χ1v) is 14.6. The van der Waals surface area contributed by atoms with Crippen LogP contribution in [0, 0.1) is 0 Å². The Kier molecular flexibility index (Phi) is 8.47. The number of amides is 2. The van der Waals surface area contributed by atoms with Gasteiger partial charge in [-0.25, -0.2) is 4.98 Å². The van der Waals surface area contributed by atoms with Crippen molar-refractivity contribution in [1.29, 1.82) is 0 Å². The number of anilines is 1. The maximum absolute atomic E-state index is 12.9. The number of thiazole rings is 1. The summed E-state index contributed by atoms with van der Waals surface area (Å²) in [6.07, 6.45) is 3.69. The Morgan fingerprint density at radius 2 is 1.82 bits per heavy atom. The van der Waals surface area contributed by atoms with Gasteiger partial charge in [0, 0.05) is 44.5 Å². The average molecular weight is 576 g/mol. The molecule has 2 aliphatic rings. The van der Waals surface area contributed by atoms with E-state index >= 15 is 0 Å². The van der Waals surface area contributed by atoms with E-state index < -0.39 is 5.60 Å². The highest BCUT2D eigenvalue weighted by molar-refractivity contribution is 7.22. The molecule has 1 N–H and O–H groups in total. The standard InChI is InChI=1S/C22H21ClN2O3S.C9H9NO/c1-2-19(27)22(10-12-25(14-26)13-11-22)28-18-9-4-3-6-15(18)21-24-17-8-5-7-16(23)20(17)29-21;11-9-6-5-7-3-1-2-4-8(7)10-9/h3-9,14H,2,10-13H2,1H3;1-4H,5-6H2,(H,10,11). The third kappa shape index (κ3) is 5.88. The number of carbonyl (C=O) groups excluding carboxylic acids is 3. The Bertz CT molecular complexity index is 1540. The summed E-state index contributed by atoms with van der Waals surface area (Å²) in [5.74, 6) is 0.818. The summed E-state index contributed by atoms with van der Waals surface area (Å²) >= 11 is 7.83. The second-order valence-corrected chi connectivity index (χ2v) is 11.2. The molecule has 40 heavy (non-hydrogen) atoms. The Morgan fingerprint density at radius 3 is 2.58 bits per heavy atom. The number of benzene rings is 3. The molecule has 9 heteroatoms. The maximum atomic E-state index is 12.9. The number of rotatable bonds is 6. The van der Waals surface area contributed by atoms with Gasteiger partial charge < -0.3 is 15.0 Å². The van der Waals surface area contributed by atoms with Crippen molar-refractivity contribution in [3.63, 3.8) is 0 Å². The minimum Gasteiger partial charge on any atom is -0.479 e. The van der Waals surface area contributed by atoms with Gasteiger partial charge in [-0.05, 0) is 42.3 Å². The van der Waals surface area contributed by atoms with Gasteiger partial charge in [0.2, 0.25) is 12.3 Å². The number of piperidine rings is 1. The van der Waals surface area contributed by atoms with Gasteiger partial charge in [0.15, 0.2) is 11.4 Å². The number of hydrogen-bond donors (Lipinski definition) is 1. The zero-order valence-electron chi connectivity index (χ0n) is 22.2. The van der Waals surface area contributed by atoms with Gasteiger partial charge in [-0.3, -0.25) is 14.4 Å². The Balaban J connectivity index is 0.000000244. The predicted octanol–water partition coefficient (Wildman–Crippen LogP) is 6.54. The van der Waals surface area contributed by atoms with Crippen molar-refractivity contribution in [2.45, 2.75) is 44.6 Å². The smallest absolute Gasteiger partial charge is 0.224 e. The van der Waals surface area contributed by atoms with E-state index in [1.807, 2.05) is 67.6 Å². The van der Waals surface area contributed by atoms with Crippen molar-refractivity contribution < 1.29 is 19.1 Å². The number of halogens is 1. The van der Waals surface area contributed by atoms with Crippen LogP contribution in [0.4, 0.5) is 5.69 Å². The molecule has 6 rings (SSSR count). The first kappa shape index (κ1) is 27.8. The van der Waals surface area contributed by atoms with E-state index in [1.54, 1.807) is 4.90 Å². The van der Waals surface area contributed by atoms with Crippen LogP contribution in [0.5, 0.6) is 5.75 Å². The molecule has 0 unspecified atom stereocenters. The van der Waals surface area contributed by atoms with Crippen molar-refractivity contribution in [3.05, 3.63) is 77.3 Å². The van der Waals surface area contributed by atoms with Crippen molar-refractivity contribution >= 4 is 56.9 Å². The van der Waals surface area contributed by atoms with Gasteiger partial charge in [0.25, 0.3) is 0 Å². The molecule has 206 valence electrons. The van der Waals surface area contributed by atoms with Crippen LogP contribution in [0.1, 0.15) is 38.2 Å². The molecule has 0 aliphatic carbocycles. The molecule has 4 aromatic rings. The third-order valence-corrected chi connectivity index (χ3v) is 8.85. The molecule has 0 atom stereocenters. The summed E-state index contributed by atoms with van der Waals surface area (Å²) in [5.41, 5.74) is 2.98. The number of nitrogens with one attached hydrogen (secondary N) is 1. The monoisotopic (exact) mass is 575 g/mol. The predicted molar refractivity (Wildman–Crippen MR) is 159 cm³/mol. The van der Waals surface area contributed by atoms with Crippen LogP contribution in [-0.4, -0.2) is 46.7 Å². The second-order valence-electron chi connectivity index (χ2n) is 9.82. The molecule has 1 saturated heterocycles. The minimum absolute atomic E-state index is 0.0604. The summed E-state index contributed by atoms with van der Waals surface area (Å²) in [6.45, 7) is 2.86. The van der Waals surface area contributed by atoms with E-state index in [9.17, 15) is 14.4 Å². The summed E-state index contributed by atoms with van der Waals surface area (Å²) in [5, 5.41) is 4.29. The van der Waals surface area contributed by atoms with Crippen LogP contribution in [0.3, 0.4) is 0 Å². The van der Waals surface area contributed by atoms with Crippen molar-refractivity contribution in [2.75, 3.05) is 18.4 Å². The highest BCUT2D eigenvalue weighted by atomic mass is 35.5. The number of nitrogens with zero attached hydrogens (tertiary/aromatic N) is 2. The zero-order valence-corrected chi connectivity index (χ0v) is 23.8. The largest absolute Gasteiger partial charge is 0.479 e. The van der Waals surface area contributed by atoms with Gasteiger partial charge in [0.05, 0.1) is 20.8 Å². The van der Waals surface area contributed by atoms with Gasteiger partial charge in [-0.1, -0.05) is 54.9 Å². The molecule has 3 heterocycles. The molecule has 0 saturated carbocycles. The lowest BCUT2D eigenvalue weighted by atomic mass is 9.85. The number of Topliss-reactive ketones (excluding diaryl/α,β-unsaturated/α-hetero) is 1. The number of hydrogen-bond acceptors (Lipinski definition) is 6. The summed E-state index contributed by atoms with van der Waals surface area (Å²) < 4.78 is 7.37. The SMILES string of the molecule is CCC(=O)C1(Oc2ccccc2-c2nc3cccc(Cl)c3s2)CCN(C=O)CC1.O=C1CCc2ccccc2N1. The van der Waals surface area contributed by atoms with Crippen LogP contribution >= 0.6 is 22.9 Å². The van der Waals surface area contributed by atoms with Crippen LogP contribution in [0.2, 0.25) is 5.02 Å². The molecule has 7 nitrogen and oxygen atoms in total. The second kappa shape index (κ2) is 12.2. The molecule has 1 aromatic heterocycles. The van der Waals surface area contributed by atoms with E-state index in [0.717, 1.165) is 39.3 Å². The van der Waals surface area contributed by atoms with E-state index in [2.05, 4.69) is 11.4 Å². The minimum atomic E-state index is -0.918. The zero-order chi connectivity index (χ0) is 28.1. The van der Waals surface area contributed by atoms with Crippen LogP contribution in [0.25, 0.3) is 20.8 Å². The fraction of sp³-hybridized carbons (Fsp3) is 0.290. The van der Waals surface area contributed by atoms with Gasteiger partial charge in [-0.15, -0.1) is 11.3 Å². The van der Waals surface area contributed by atoms with E-state index in [-0.39, 0.29) is 11.7 Å². The lowest BCUT2D eigenvalue weighted by Crippen LogP contribution is -2.52. The Labute approximate surface area is 242 Å². The lowest BCUT2D eigenvalue weighted by molar-refractivity contribution is -0.140. The number of ketones is 1. The fourth-order valence-electron chi connectivity index (χ4n) is 5.05. The molecule has 0 spiro atoms. The maximum Gasteiger partial charge on any atom is 0.224 e. The number of aromatic nitrogens is 1. The van der Waals surface area contributed by atoms with Gasteiger partial charge in [-0.2, -0.15) is 0 Å². The van der Waals surface area contributed by atoms with Gasteiger partial charge >= 0.3 is 0 Å². The number of aryl methyl sites for hydroxylation is 1.